The number of benzene rings is 2. The first-order chi connectivity index (χ1) is 16.1. The zero-order valence-corrected chi connectivity index (χ0v) is 19.3. The van der Waals surface area contributed by atoms with Crippen LogP contribution in [0.1, 0.15) is 51.0 Å². The van der Waals surface area contributed by atoms with E-state index >= 15 is 0 Å². The Balaban J connectivity index is 1.33. The SMILES string of the molecule is CCc1ccc(OCCCN2C(=O)COc3ccc(NC(=O)NC4CCCCC4)cc32)cc1. The lowest BCUT2D eigenvalue weighted by Gasteiger charge is -2.30. The van der Waals surface area contributed by atoms with Crippen molar-refractivity contribution in [2.24, 2.45) is 0 Å². The van der Waals surface area contributed by atoms with Crippen molar-refractivity contribution in [1.82, 2.24) is 5.32 Å². The van der Waals surface area contributed by atoms with E-state index in [4.69, 9.17) is 9.47 Å². The summed E-state index contributed by atoms with van der Waals surface area (Å²) in [7, 11) is 0. The van der Waals surface area contributed by atoms with Gasteiger partial charge in [0.2, 0.25) is 0 Å². The third kappa shape index (κ3) is 6.18. The lowest BCUT2D eigenvalue weighted by molar-refractivity contribution is -0.121. The fourth-order valence-corrected chi connectivity index (χ4v) is 4.36. The average Bonchev–Trinajstić information content (AvgIpc) is 2.84. The number of carbonyl (C=O) groups is 2. The second-order valence-corrected chi connectivity index (χ2v) is 8.65. The fraction of sp³-hybridized carbons (Fsp3) is 0.462. The molecule has 0 spiro atoms. The van der Waals surface area contributed by atoms with Crippen LogP contribution in [0.4, 0.5) is 16.2 Å². The molecule has 2 aromatic carbocycles. The van der Waals surface area contributed by atoms with Gasteiger partial charge in [0.25, 0.3) is 5.91 Å². The van der Waals surface area contributed by atoms with E-state index in [1.54, 1.807) is 23.1 Å². The van der Waals surface area contributed by atoms with Gasteiger partial charge in [0.05, 0.1) is 12.3 Å². The molecule has 4 rings (SSSR count). The van der Waals surface area contributed by atoms with Crippen LogP contribution in [-0.2, 0) is 11.2 Å². The molecule has 0 saturated heterocycles. The zero-order chi connectivity index (χ0) is 23.0. The smallest absolute Gasteiger partial charge is 0.319 e. The maximum Gasteiger partial charge on any atom is 0.319 e. The third-order valence-corrected chi connectivity index (χ3v) is 6.23. The summed E-state index contributed by atoms with van der Waals surface area (Å²) in [5, 5.41) is 5.96. The number of hydrogen-bond donors (Lipinski definition) is 2. The highest BCUT2D eigenvalue weighted by molar-refractivity contribution is 5.99. The molecule has 33 heavy (non-hydrogen) atoms. The maximum atomic E-state index is 12.5. The molecular formula is C26H33N3O4. The number of rotatable bonds is 8. The van der Waals surface area contributed by atoms with Crippen molar-refractivity contribution in [2.75, 3.05) is 30.0 Å². The summed E-state index contributed by atoms with van der Waals surface area (Å²) in [5.41, 5.74) is 2.58. The number of ether oxygens (including phenoxy) is 2. The van der Waals surface area contributed by atoms with Crippen molar-refractivity contribution in [3.05, 3.63) is 48.0 Å². The highest BCUT2D eigenvalue weighted by atomic mass is 16.5. The van der Waals surface area contributed by atoms with Crippen LogP contribution < -0.4 is 25.0 Å². The molecule has 0 atom stereocenters. The van der Waals surface area contributed by atoms with Gasteiger partial charge in [-0.3, -0.25) is 4.79 Å². The van der Waals surface area contributed by atoms with Crippen LogP contribution in [0, 0.1) is 0 Å². The van der Waals surface area contributed by atoms with Crippen LogP contribution in [0.15, 0.2) is 42.5 Å². The van der Waals surface area contributed by atoms with Crippen molar-refractivity contribution in [1.29, 1.82) is 0 Å². The summed E-state index contributed by atoms with van der Waals surface area (Å²) < 4.78 is 11.4. The maximum absolute atomic E-state index is 12.5. The number of nitrogens with zero attached hydrogens (tertiary/aromatic N) is 1. The number of carbonyl (C=O) groups excluding carboxylic acids is 2. The Hall–Kier alpha value is -3.22. The van der Waals surface area contributed by atoms with Crippen molar-refractivity contribution in [3.63, 3.8) is 0 Å². The number of urea groups is 1. The summed E-state index contributed by atoms with van der Waals surface area (Å²) in [6, 6.07) is 13.5. The highest BCUT2D eigenvalue weighted by Crippen LogP contribution is 2.34. The average molecular weight is 452 g/mol. The molecule has 7 nitrogen and oxygen atoms in total. The number of nitrogens with one attached hydrogen (secondary N) is 2. The van der Waals surface area contributed by atoms with E-state index in [1.165, 1.54) is 12.0 Å². The minimum absolute atomic E-state index is 0.0152. The fourth-order valence-electron chi connectivity index (χ4n) is 4.36. The Morgan fingerprint density at radius 3 is 2.67 bits per heavy atom. The summed E-state index contributed by atoms with van der Waals surface area (Å²) >= 11 is 0. The van der Waals surface area contributed by atoms with Gasteiger partial charge < -0.3 is 25.0 Å². The Labute approximate surface area is 195 Å². The predicted molar refractivity (Wildman–Crippen MR) is 129 cm³/mol. The monoisotopic (exact) mass is 451 g/mol. The molecule has 1 fully saturated rings. The number of aryl methyl sites for hydroxylation is 1. The van der Waals surface area contributed by atoms with E-state index in [-0.39, 0.29) is 24.6 Å². The van der Waals surface area contributed by atoms with Gasteiger partial charge in [0.15, 0.2) is 6.61 Å². The molecule has 3 amide bonds. The van der Waals surface area contributed by atoms with Crippen LogP contribution in [0.5, 0.6) is 11.5 Å². The lowest BCUT2D eigenvalue weighted by atomic mass is 9.96. The Morgan fingerprint density at radius 2 is 1.91 bits per heavy atom. The van der Waals surface area contributed by atoms with Gasteiger partial charge >= 0.3 is 6.03 Å². The van der Waals surface area contributed by atoms with E-state index in [0.717, 1.165) is 37.9 Å². The third-order valence-electron chi connectivity index (χ3n) is 6.23. The van der Waals surface area contributed by atoms with Gasteiger partial charge in [-0.25, -0.2) is 4.79 Å². The predicted octanol–water partition coefficient (Wildman–Crippen LogP) is 4.90. The first kappa shape index (κ1) is 23.0. The second-order valence-electron chi connectivity index (χ2n) is 8.65. The van der Waals surface area contributed by atoms with Crippen molar-refractivity contribution in [2.45, 2.75) is 57.9 Å². The summed E-state index contributed by atoms with van der Waals surface area (Å²) in [6.07, 6.45) is 7.29. The molecule has 2 aliphatic rings. The van der Waals surface area contributed by atoms with Crippen LogP contribution >= 0.6 is 0 Å². The molecule has 0 unspecified atom stereocenters. The first-order valence-corrected chi connectivity index (χ1v) is 12.0. The van der Waals surface area contributed by atoms with Crippen LogP contribution in [0.2, 0.25) is 0 Å². The van der Waals surface area contributed by atoms with Crippen LogP contribution in [0.3, 0.4) is 0 Å². The molecular weight excluding hydrogens is 418 g/mol. The van der Waals surface area contributed by atoms with Crippen LogP contribution in [-0.4, -0.2) is 37.7 Å². The topological polar surface area (TPSA) is 79.9 Å². The Kier molecular flexibility index (Phi) is 7.70. The van der Waals surface area contributed by atoms with Gasteiger partial charge in [0.1, 0.15) is 11.5 Å². The molecule has 0 aromatic heterocycles. The molecule has 2 N–H and O–H groups in total. The van der Waals surface area contributed by atoms with E-state index in [2.05, 4.69) is 29.7 Å². The zero-order valence-electron chi connectivity index (χ0n) is 19.3. The van der Waals surface area contributed by atoms with Crippen molar-refractivity contribution >= 4 is 23.3 Å². The van der Waals surface area contributed by atoms with Gasteiger partial charge in [-0.15, -0.1) is 0 Å². The second kappa shape index (κ2) is 11.1. The van der Waals surface area contributed by atoms with Crippen LogP contribution in [0.25, 0.3) is 0 Å². The number of anilines is 2. The van der Waals surface area contributed by atoms with Gasteiger partial charge in [-0.05, 0) is 61.6 Å². The van der Waals surface area contributed by atoms with Gasteiger partial charge in [0, 0.05) is 18.3 Å². The minimum atomic E-state index is -0.209. The summed E-state index contributed by atoms with van der Waals surface area (Å²) in [5.74, 6) is 1.37. The molecule has 1 saturated carbocycles. The van der Waals surface area contributed by atoms with Gasteiger partial charge in [-0.2, -0.15) is 0 Å². The Bertz CT molecular complexity index is 955. The standard InChI is InChI=1S/C26H33N3O4/c1-2-19-9-12-22(13-10-19)32-16-6-15-29-23-17-21(11-14-24(23)33-18-25(29)30)28-26(31)27-20-7-4-3-5-8-20/h9-14,17,20H,2-8,15-16,18H2,1H3,(H2,27,28,31). The van der Waals surface area contributed by atoms with Crippen molar-refractivity contribution in [3.8, 4) is 11.5 Å². The molecule has 0 radical (unpaired) electrons. The highest BCUT2D eigenvalue weighted by Gasteiger charge is 2.26. The summed E-state index contributed by atoms with van der Waals surface area (Å²) in [4.78, 5) is 26.7. The van der Waals surface area contributed by atoms with E-state index in [1.807, 2.05) is 12.1 Å². The van der Waals surface area contributed by atoms with Crippen molar-refractivity contribution < 1.29 is 19.1 Å². The van der Waals surface area contributed by atoms with E-state index < -0.39 is 0 Å². The number of fused-ring (bicyclic) bond motifs is 1. The molecule has 1 heterocycles. The molecule has 1 aliphatic heterocycles. The lowest BCUT2D eigenvalue weighted by Crippen LogP contribution is -2.40. The minimum Gasteiger partial charge on any atom is -0.494 e. The molecule has 7 heteroatoms. The Morgan fingerprint density at radius 1 is 1.12 bits per heavy atom. The van der Waals surface area contributed by atoms with Gasteiger partial charge in [-0.1, -0.05) is 38.3 Å². The number of hydrogen-bond acceptors (Lipinski definition) is 4. The normalized spacial score (nSPS) is 16.0. The quantitative estimate of drug-likeness (QED) is 0.560. The largest absolute Gasteiger partial charge is 0.494 e. The molecule has 176 valence electrons. The van der Waals surface area contributed by atoms with E-state index in [9.17, 15) is 9.59 Å². The number of amides is 3. The summed E-state index contributed by atoms with van der Waals surface area (Å²) in [6.45, 7) is 3.16. The molecule has 1 aliphatic carbocycles. The first-order valence-electron chi connectivity index (χ1n) is 12.0. The van der Waals surface area contributed by atoms with E-state index in [0.29, 0.717) is 36.7 Å². The molecule has 0 bridgehead atoms. The molecule has 2 aromatic rings.